The van der Waals surface area contributed by atoms with E-state index in [2.05, 4.69) is 12.2 Å². The summed E-state index contributed by atoms with van der Waals surface area (Å²) in [6.07, 6.45) is -0.291. The van der Waals surface area contributed by atoms with Gasteiger partial charge in [-0.2, -0.15) is 0 Å². The number of aliphatic hydroxyl groups is 1. The molecule has 0 aliphatic carbocycles. The molecule has 24 heavy (non-hydrogen) atoms. The van der Waals surface area contributed by atoms with E-state index < -0.39 is 5.60 Å². The minimum absolute atomic E-state index is 0.0935. The number of nitrogens with zero attached hydrogens (tertiary/aromatic N) is 1. The number of carbonyl (C=O) groups excluding carboxylic acids is 1. The van der Waals surface area contributed by atoms with Crippen LogP contribution in [0.4, 0.5) is 10.5 Å². The third-order valence-electron chi connectivity index (χ3n) is 4.27. The van der Waals surface area contributed by atoms with Crippen LogP contribution in [0, 0.1) is 0 Å². The van der Waals surface area contributed by atoms with E-state index in [9.17, 15) is 9.90 Å². The molecule has 1 saturated heterocycles. The fourth-order valence-electron chi connectivity index (χ4n) is 2.71. The predicted octanol–water partition coefficient (Wildman–Crippen LogP) is 3.26. The summed E-state index contributed by atoms with van der Waals surface area (Å²) in [7, 11) is 0. The van der Waals surface area contributed by atoms with Gasteiger partial charge in [-0.05, 0) is 43.0 Å². The Balaban J connectivity index is 1.61. The van der Waals surface area contributed by atoms with E-state index in [0.29, 0.717) is 19.7 Å². The molecule has 0 radical (unpaired) electrons. The molecule has 2 aromatic rings. The van der Waals surface area contributed by atoms with E-state index in [4.69, 9.17) is 4.74 Å². The van der Waals surface area contributed by atoms with E-state index in [1.165, 1.54) is 0 Å². The van der Waals surface area contributed by atoms with E-state index in [1.54, 1.807) is 16.2 Å². The molecule has 2 N–H and O–H groups in total. The lowest BCUT2D eigenvalue weighted by Gasteiger charge is -2.25. The molecule has 128 valence electrons. The van der Waals surface area contributed by atoms with Crippen molar-refractivity contribution in [2.75, 3.05) is 24.6 Å². The standard InChI is InChI=1S/C18H22N2O3S/c1-13(19-12-18(2,22)16-4-3-11-24-16)14-5-7-15(8-6-14)20-9-10-23-17(20)21/h3-8,11,13,19,22H,9-10,12H2,1-2H3. The molecule has 5 nitrogen and oxygen atoms in total. The molecule has 1 aromatic carbocycles. The molecule has 0 saturated carbocycles. The van der Waals surface area contributed by atoms with Crippen molar-refractivity contribution in [1.29, 1.82) is 0 Å². The fraction of sp³-hybridized carbons (Fsp3) is 0.389. The quantitative estimate of drug-likeness (QED) is 0.843. The number of hydrogen-bond acceptors (Lipinski definition) is 5. The SMILES string of the molecule is CC(NCC(C)(O)c1cccs1)c1ccc(N2CCOC2=O)cc1. The Morgan fingerprint density at radius 2 is 2.12 bits per heavy atom. The highest BCUT2D eigenvalue weighted by molar-refractivity contribution is 7.10. The summed E-state index contributed by atoms with van der Waals surface area (Å²) in [6, 6.07) is 11.8. The van der Waals surface area contributed by atoms with Crippen LogP contribution in [-0.2, 0) is 10.3 Å². The summed E-state index contributed by atoms with van der Waals surface area (Å²) < 4.78 is 4.96. The van der Waals surface area contributed by atoms with Gasteiger partial charge in [0.1, 0.15) is 12.2 Å². The third kappa shape index (κ3) is 3.61. The zero-order valence-electron chi connectivity index (χ0n) is 13.9. The van der Waals surface area contributed by atoms with Crippen molar-refractivity contribution in [2.45, 2.75) is 25.5 Å². The maximum Gasteiger partial charge on any atom is 0.414 e. The van der Waals surface area contributed by atoms with Crippen LogP contribution in [0.1, 0.15) is 30.3 Å². The average Bonchev–Trinajstić information content (AvgIpc) is 3.25. The molecule has 0 spiro atoms. The summed E-state index contributed by atoms with van der Waals surface area (Å²) in [5.74, 6) is 0. The first kappa shape index (κ1) is 17.0. The maximum atomic E-state index is 11.6. The van der Waals surface area contributed by atoms with Crippen molar-refractivity contribution in [3.63, 3.8) is 0 Å². The summed E-state index contributed by atoms with van der Waals surface area (Å²) in [6.45, 7) is 5.38. The monoisotopic (exact) mass is 346 g/mol. The second-order valence-electron chi connectivity index (χ2n) is 6.21. The number of ether oxygens (including phenoxy) is 1. The molecule has 2 atom stereocenters. The molecule has 2 heterocycles. The first-order chi connectivity index (χ1) is 11.5. The lowest BCUT2D eigenvalue weighted by Crippen LogP contribution is -2.36. The van der Waals surface area contributed by atoms with Crippen molar-refractivity contribution in [3.8, 4) is 0 Å². The van der Waals surface area contributed by atoms with Gasteiger partial charge in [-0.15, -0.1) is 11.3 Å². The van der Waals surface area contributed by atoms with Gasteiger partial charge in [0.15, 0.2) is 0 Å². The predicted molar refractivity (Wildman–Crippen MR) is 95.4 cm³/mol. The van der Waals surface area contributed by atoms with Crippen LogP contribution in [0.15, 0.2) is 41.8 Å². The highest BCUT2D eigenvalue weighted by Gasteiger charge is 2.25. The van der Waals surface area contributed by atoms with Gasteiger partial charge in [0.2, 0.25) is 0 Å². The average molecular weight is 346 g/mol. The van der Waals surface area contributed by atoms with E-state index in [-0.39, 0.29) is 12.1 Å². The van der Waals surface area contributed by atoms with Crippen LogP contribution in [0.5, 0.6) is 0 Å². The van der Waals surface area contributed by atoms with Gasteiger partial charge in [-0.3, -0.25) is 4.90 Å². The first-order valence-corrected chi connectivity index (χ1v) is 8.89. The molecule has 0 bridgehead atoms. The minimum atomic E-state index is -0.887. The van der Waals surface area contributed by atoms with Gasteiger partial charge in [-0.1, -0.05) is 18.2 Å². The Morgan fingerprint density at radius 1 is 1.38 bits per heavy atom. The number of benzene rings is 1. The van der Waals surface area contributed by atoms with Crippen LogP contribution in [0.25, 0.3) is 0 Å². The number of carbonyl (C=O) groups is 1. The third-order valence-corrected chi connectivity index (χ3v) is 5.39. The van der Waals surface area contributed by atoms with Gasteiger partial charge in [0, 0.05) is 23.2 Å². The normalized spacial score (nSPS) is 18.3. The number of nitrogens with one attached hydrogen (secondary N) is 1. The van der Waals surface area contributed by atoms with Gasteiger partial charge in [-0.25, -0.2) is 4.79 Å². The molecule has 1 aliphatic heterocycles. The van der Waals surface area contributed by atoms with E-state index >= 15 is 0 Å². The molecule has 1 aliphatic rings. The summed E-state index contributed by atoms with van der Waals surface area (Å²) >= 11 is 1.55. The maximum absolute atomic E-state index is 11.6. The second kappa shape index (κ2) is 6.93. The lowest BCUT2D eigenvalue weighted by molar-refractivity contribution is 0.0581. The Kier molecular flexibility index (Phi) is 4.89. The molecule has 6 heteroatoms. The molecule has 3 rings (SSSR count). The summed E-state index contributed by atoms with van der Waals surface area (Å²) in [4.78, 5) is 14.2. The smallest absolute Gasteiger partial charge is 0.414 e. The largest absolute Gasteiger partial charge is 0.447 e. The van der Waals surface area contributed by atoms with Gasteiger partial charge >= 0.3 is 6.09 Å². The number of hydrogen-bond donors (Lipinski definition) is 2. The minimum Gasteiger partial charge on any atom is -0.447 e. The Morgan fingerprint density at radius 3 is 2.71 bits per heavy atom. The van der Waals surface area contributed by atoms with Crippen LogP contribution in [-0.4, -0.2) is 30.9 Å². The number of amides is 1. The Hall–Kier alpha value is -1.89. The number of anilines is 1. The molecular weight excluding hydrogens is 324 g/mol. The number of cyclic esters (lactones) is 1. The zero-order chi connectivity index (χ0) is 17.2. The van der Waals surface area contributed by atoms with Crippen LogP contribution < -0.4 is 10.2 Å². The lowest BCUT2D eigenvalue weighted by atomic mass is 10.0. The molecule has 1 aromatic heterocycles. The molecule has 1 amide bonds. The van der Waals surface area contributed by atoms with Crippen LogP contribution >= 0.6 is 11.3 Å². The van der Waals surface area contributed by atoms with Gasteiger partial charge in [0.05, 0.1) is 6.54 Å². The number of rotatable bonds is 6. The van der Waals surface area contributed by atoms with Gasteiger partial charge < -0.3 is 15.2 Å². The molecule has 2 unspecified atom stereocenters. The summed E-state index contributed by atoms with van der Waals surface area (Å²) in [5.41, 5.74) is 1.06. The second-order valence-corrected chi connectivity index (χ2v) is 7.16. The first-order valence-electron chi connectivity index (χ1n) is 8.01. The zero-order valence-corrected chi connectivity index (χ0v) is 14.7. The fourth-order valence-corrected chi connectivity index (χ4v) is 3.50. The van der Waals surface area contributed by atoms with Crippen LogP contribution in [0.2, 0.25) is 0 Å². The van der Waals surface area contributed by atoms with Crippen molar-refractivity contribution < 1.29 is 14.6 Å². The van der Waals surface area contributed by atoms with Crippen molar-refractivity contribution in [3.05, 3.63) is 52.2 Å². The topological polar surface area (TPSA) is 61.8 Å². The highest BCUT2D eigenvalue weighted by Crippen LogP contribution is 2.26. The Labute approximate surface area is 145 Å². The number of thiophene rings is 1. The highest BCUT2D eigenvalue weighted by atomic mass is 32.1. The Bertz CT molecular complexity index is 683. The summed E-state index contributed by atoms with van der Waals surface area (Å²) in [5, 5.41) is 15.9. The van der Waals surface area contributed by atoms with Crippen molar-refractivity contribution >= 4 is 23.1 Å². The van der Waals surface area contributed by atoms with Crippen molar-refractivity contribution in [1.82, 2.24) is 5.32 Å². The van der Waals surface area contributed by atoms with E-state index in [1.807, 2.05) is 48.7 Å². The molecule has 1 fully saturated rings. The molecular formula is C18H22N2O3S. The van der Waals surface area contributed by atoms with Gasteiger partial charge in [0.25, 0.3) is 0 Å². The van der Waals surface area contributed by atoms with Crippen molar-refractivity contribution in [2.24, 2.45) is 0 Å². The van der Waals surface area contributed by atoms with Crippen LogP contribution in [0.3, 0.4) is 0 Å². The van der Waals surface area contributed by atoms with E-state index in [0.717, 1.165) is 16.1 Å².